The molecule has 1 atom stereocenters. The van der Waals surface area contributed by atoms with Crippen molar-refractivity contribution >= 4 is 15.9 Å². The third kappa shape index (κ3) is 5.80. The number of ether oxygens (including phenoxy) is 1. The number of hydrogen-bond donors (Lipinski definition) is 1. The lowest BCUT2D eigenvalue weighted by Crippen LogP contribution is -2.43. The summed E-state index contributed by atoms with van der Waals surface area (Å²) >= 11 is 0. The maximum atomic E-state index is 12.8. The summed E-state index contributed by atoms with van der Waals surface area (Å²) in [5, 5.41) is 2.89. The molecule has 1 heterocycles. The van der Waals surface area contributed by atoms with Crippen LogP contribution in [0.25, 0.3) is 0 Å². The molecule has 0 saturated carbocycles. The van der Waals surface area contributed by atoms with Gasteiger partial charge in [-0.1, -0.05) is 29.8 Å². The molecule has 2 aromatic carbocycles. The molecule has 1 fully saturated rings. The number of benzene rings is 2. The van der Waals surface area contributed by atoms with Crippen LogP contribution in [-0.4, -0.2) is 38.3 Å². The average molecular weight is 453 g/mol. The van der Waals surface area contributed by atoms with E-state index in [9.17, 15) is 22.0 Å². The Morgan fingerprint density at radius 3 is 2.39 bits per heavy atom. The van der Waals surface area contributed by atoms with Crippen molar-refractivity contribution in [2.24, 2.45) is 5.92 Å². The zero-order valence-electron chi connectivity index (χ0n) is 17.4. The number of carbonyl (C=O) groups is 1. The van der Waals surface area contributed by atoms with E-state index in [-0.39, 0.29) is 35.6 Å². The van der Waals surface area contributed by atoms with Gasteiger partial charge in [-0.15, -0.1) is 0 Å². The average Bonchev–Trinajstić information content (AvgIpc) is 2.74. The van der Waals surface area contributed by atoms with Gasteiger partial charge in [-0.2, -0.15) is 13.1 Å². The third-order valence-corrected chi connectivity index (χ3v) is 7.34. The van der Waals surface area contributed by atoms with Gasteiger partial charge < -0.3 is 10.1 Å². The Labute approximate surface area is 181 Å². The van der Waals surface area contributed by atoms with E-state index in [0.717, 1.165) is 5.56 Å². The van der Waals surface area contributed by atoms with Gasteiger partial charge in [0.1, 0.15) is 5.75 Å². The molecule has 168 valence electrons. The molecule has 3 rings (SSSR count). The molecule has 1 amide bonds. The van der Waals surface area contributed by atoms with Gasteiger partial charge in [0.25, 0.3) is 0 Å². The highest BCUT2D eigenvalue weighted by Gasteiger charge is 2.32. The van der Waals surface area contributed by atoms with Gasteiger partial charge in [-0.25, -0.2) is 8.42 Å². The van der Waals surface area contributed by atoms with Crippen LogP contribution in [0.2, 0.25) is 0 Å². The second-order valence-electron chi connectivity index (χ2n) is 7.67. The predicted octanol–water partition coefficient (Wildman–Crippen LogP) is 3.87. The van der Waals surface area contributed by atoms with Gasteiger partial charge in [0.05, 0.1) is 10.9 Å². The van der Waals surface area contributed by atoms with E-state index in [2.05, 4.69) is 10.1 Å². The number of carbonyl (C=O) groups excluding carboxylic acids is 1. The fourth-order valence-electron chi connectivity index (χ4n) is 3.59. The highest BCUT2D eigenvalue weighted by molar-refractivity contribution is 7.89. The number of nitrogens with one attached hydrogen (secondary N) is 1. The van der Waals surface area contributed by atoms with Gasteiger partial charge >= 0.3 is 6.61 Å². The number of sulfonamides is 1. The van der Waals surface area contributed by atoms with Crippen LogP contribution in [-0.2, 0) is 14.8 Å². The molecule has 0 aliphatic carbocycles. The summed E-state index contributed by atoms with van der Waals surface area (Å²) in [5.41, 5.74) is 1.63. The molecule has 31 heavy (non-hydrogen) atoms. The Morgan fingerprint density at radius 2 is 1.77 bits per heavy atom. The molecule has 0 bridgehead atoms. The molecule has 1 unspecified atom stereocenters. The van der Waals surface area contributed by atoms with Crippen molar-refractivity contribution < 1.29 is 26.7 Å². The summed E-state index contributed by atoms with van der Waals surface area (Å²) in [4.78, 5) is 12.9. The molecule has 2 aromatic rings. The predicted molar refractivity (Wildman–Crippen MR) is 112 cm³/mol. The minimum Gasteiger partial charge on any atom is -0.435 e. The van der Waals surface area contributed by atoms with Crippen LogP contribution in [0.5, 0.6) is 5.75 Å². The number of halogens is 2. The van der Waals surface area contributed by atoms with Gasteiger partial charge in [0.2, 0.25) is 15.9 Å². The van der Waals surface area contributed by atoms with Gasteiger partial charge in [-0.3, -0.25) is 4.79 Å². The number of amides is 1. The van der Waals surface area contributed by atoms with E-state index in [1.165, 1.54) is 16.4 Å². The highest BCUT2D eigenvalue weighted by atomic mass is 32.2. The fourth-order valence-corrected chi connectivity index (χ4v) is 5.06. The van der Waals surface area contributed by atoms with E-state index in [1.807, 2.05) is 6.92 Å². The Kier molecular flexibility index (Phi) is 7.27. The Balaban J connectivity index is 1.57. The van der Waals surface area contributed by atoms with E-state index in [4.69, 9.17) is 0 Å². The molecule has 0 spiro atoms. The van der Waals surface area contributed by atoms with Crippen LogP contribution in [0.1, 0.15) is 36.9 Å². The number of nitrogens with zero attached hydrogens (tertiary/aromatic N) is 1. The van der Waals surface area contributed by atoms with Crippen molar-refractivity contribution in [1.82, 2.24) is 9.62 Å². The van der Waals surface area contributed by atoms with Crippen LogP contribution in [0.15, 0.2) is 53.4 Å². The summed E-state index contributed by atoms with van der Waals surface area (Å²) < 4.78 is 56.2. The largest absolute Gasteiger partial charge is 0.435 e. The topological polar surface area (TPSA) is 75.7 Å². The number of aryl methyl sites for hydroxylation is 1. The molecule has 1 aliphatic heterocycles. The summed E-state index contributed by atoms with van der Waals surface area (Å²) in [6, 6.07) is 12.5. The monoisotopic (exact) mass is 452 g/mol. The first-order valence-corrected chi connectivity index (χ1v) is 11.5. The maximum Gasteiger partial charge on any atom is 0.387 e. The second kappa shape index (κ2) is 9.74. The Morgan fingerprint density at radius 1 is 1.13 bits per heavy atom. The van der Waals surface area contributed by atoms with Crippen molar-refractivity contribution in [3.05, 3.63) is 59.7 Å². The van der Waals surface area contributed by atoms with Crippen molar-refractivity contribution in [3.63, 3.8) is 0 Å². The standard InChI is InChI=1S/C22H26F2N2O4S/c1-15-6-8-20(9-7-15)31(28,29)26-12-10-17(11-13-26)21(27)25-16(2)18-4-3-5-19(14-18)30-22(23)24/h3-9,14,16-17,22H,10-13H2,1-2H3,(H,25,27). The number of rotatable bonds is 7. The molecule has 1 aliphatic rings. The molecular weight excluding hydrogens is 426 g/mol. The van der Waals surface area contributed by atoms with Gasteiger partial charge in [-0.05, 0) is 56.5 Å². The Bertz CT molecular complexity index is 1000. The lowest BCUT2D eigenvalue weighted by molar-refractivity contribution is -0.126. The first kappa shape index (κ1) is 23.1. The molecule has 0 aromatic heterocycles. The fraction of sp³-hybridized carbons (Fsp3) is 0.409. The number of alkyl halides is 2. The number of piperidine rings is 1. The van der Waals surface area contributed by atoms with Crippen molar-refractivity contribution in [3.8, 4) is 5.75 Å². The summed E-state index contributed by atoms with van der Waals surface area (Å²) in [6.07, 6.45) is 0.830. The molecule has 1 N–H and O–H groups in total. The molecule has 9 heteroatoms. The first-order chi connectivity index (χ1) is 14.7. The Hall–Kier alpha value is -2.52. The van der Waals surface area contributed by atoms with Crippen molar-refractivity contribution in [2.75, 3.05) is 13.1 Å². The lowest BCUT2D eigenvalue weighted by Gasteiger charge is -2.31. The van der Waals surface area contributed by atoms with Crippen LogP contribution in [0.4, 0.5) is 8.78 Å². The molecule has 1 saturated heterocycles. The zero-order valence-corrected chi connectivity index (χ0v) is 18.2. The summed E-state index contributed by atoms with van der Waals surface area (Å²) in [7, 11) is -3.58. The summed E-state index contributed by atoms with van der Waals surface area (Å²) in [5.74, 6) is -0.462. The van der Waals surface area contributed by atoms with E-state index >= 15 is 0 Å². The molecular formula is C22H26F2N2O4S. The van der Waals surface area contributed by atoms with Crippen LogP contribution >= 0.6 is 0 Å². The SMILES string of the molecule is Cc1ccc(S(=O)(=O)N2CCC(C(=O)NC(C)c3cccc(OC(F)F)c3)CC2)cc1. The van der Waals surface area contributed by atoms with Crippen LogP contribution in [0, 0.1) is 12.8 Å². The normalized spacial score (nSPS) is 16.8. The first-order valence-electron chi connectivity index (χ1n) is 10.1. The van der Waals surface area contributed by atoms with Crippen LogP contribution in [0.3, 0.4) is 0 Å². The second-order valence-corrected chi connectivity index (χ2v) is 9.61. The van der Waals surface area contributed by atoms with Crippen molar-refractivity contribution in [1.29, 1.82) is 0 Å². The van der Waals surface area contributed by atoms with E-state index in [0.29, 0.717) is 18.4 Å². The minimum atomic E-state index is -3.58. The highest BCUT2D eigenvalue weighted by Crippen LogP contribution is 2.26. The zero-order chi connectivity index (χ0) is 22.6. The van der Waals surface area contributed by atoms with E-state index < -0.39 is 22.7 Å². The third-order valence-electron chi connectivity index (χ3n) is 5.43. The number of hydrogen-bond acceptors (Lipinski definition) is 4. The smallest absolute Gasteiger partial charge is 0.387 e. The van der Waals surface area contributed by atoms with Crippen molar-refractivity contribution in [2.45, 2.75) is 44.2 Å². The van der Waals surface area contributed by atoms with E-state index in [1.54, 1.807) is 43.3 Å². The maximum absolute atomic E-state index is 12.8. The molecule has 6 nitrogen and oxygen atoms in total. The minimum absolute atomic E-state index is 0.0308. The summed E-state index contributed by atoms with van der Waals surface area (Å²) in [6.45, 7) is 1.27. The quantitative estimate of drug-likeness (QED) is 0.692. The van der Waals surface area contributed by atoms with Gasteiger partial charge in [0.15, 0.2) is 0 Å². The van der Waals surface area contributed by atoms with Crippen LogP contribution < -0.4 is 10.1 Å². The van der Waals surface area contributed by atoms with Gasteiger partial charge in [0, 0.05) is 19.0 Å². The lowest BCUT2D eigenvalue weighted by atomic mass is 9.96. The molecule has 0 radical (unpaired) electrons.